The van der Waals surface area contributed by atoms with Crippen molar-refractivity contribution in [2.24, 2.45) is 0 Å². The Morgan fingerprint density at radius 3 is 1.78 bits per heavy atom. The van der Waals surface area contributed by atoms with Crippen LogP contribution < -0.4 is 0 Å². The minimum atomic E-state index is -0.223. The van der Waals surface area contributed by atoms with Gasteiger partial charge in [-0.05, 0) is 0 Å². The molecule has 2 nitrogen and oxygen atoms in total. The molecule has 0 aromatic carbocycles. The van der Waals surface area contributed by atoms with Crippen molar-refractivity contribution < 1.29 is 10.2 Å². The predicted octanol–water partition coefficient (Wildman–Crippen LogP) is -0.297. The summed E-state index contributed by atoms with van der Waals surface area (Å²) in [5.74, 6) is 0. The van der Waals surface area contributed by atoms with Crippen molar-refractivity contribution in [2.45, 2.75) is 0 Å². The van der Waals surface area contributed by atoms with Crippen LogP contribution in [0, 0.1) is 0 Å². The second-order valence-electron chi connectivity index (χ2n) is 1.24. The quantitative estimate of drug-likeness (QED) is 0.664. The molecule has 0 bridgehead atoms. The van der Waals surface area contributed by atoms with Crippen LogP contribution in [-0.4, -0.2) is 44.3 Å². The Labute approximate surface area is 65.0 Å². The van der Waals surface area contributed by atoms with Gasteiger partial charge in [0.15, 0.2) is 0 Å². The molecule has 9 heavy (non-hydrogen) atoms. The van der Waals surface area contributed by atoms with Crippen LogP contribution in [0.3, 0.4) is 0 Å². The minimum absolute atomic E-state index is 0.123. The fourth-order valence-electron chi connectivity index (χ4n) is 0.243. The summed E-state index contributed by atoms with van der Waals surface area (Å²) < 4.78 is 3.94. The zero-order chi connectivity index (χ0) is 6.95. The van der Waals surface area contributed by atoms with E-state index >= 15 is 0 Å². The molecule has 0 unspecified atom stereocenters. The topological polar surface area (TPSA) is 40.5 Å². The predicted molar refractivity (Wildman–Crippen MR) is 38.2 cm³/mol. The third-order valence-electron chi connectivity index (χ3n) is 0.560. The Morgan fingerprint density at radius 1 is 1.00 bits per heavy atom. The summed E-state index contributed by atoms with van der Waals surface area (Å²) in [7, 11) is 0. The zero-order valence-electron chi connectivity index (χ0n) is 5.03. The molecule has 0 aliphatic carbocycles. The van der Waals surface area contributed by atoms with Gasteiger partial charge in [0.25, 0.3) is 0 Å². The van der Waals surface area contributed by atoms with Crippen molar-refractivity contribution in [1.29, 1.82) is 0 Å². The first kappa shape index (κ1) is 9.19. The van der Waals surface area contributed by atoms with Gasteiger partial charge in [-0.1, -0.05) is 0 Å². The average Bonchev–Trinajstić information content (AvgIpc) is 1.89. The van der Waals surface area contributed by atoms with Crippen molar-refractivity contribution in [3.63, 3.8) is 0 Å². The van der Waals surface area contributed by atoms with E-state index in [-0.39, 0.29) is 34.1 Å². The molecule has 0 rings (SSSR count). The van der Waals surface area contributed by atoms with Crippen LogP contribution in [0.15, 0.2) is 20.4 Å². The maximum atomic E-state index is 8.28. The summed E-state index contributed by atoms with van der Waals surface area (Å²) in [6, 6.07) is 0. The van der Waals surface area contributed by atoms with Crippen molar-refractivity contribution in [2.75, 3.05) is 13.2 Å². The molecule has 0 aliphatic heterocycles. The third kappa shape index (κ3) is 8.19. The Balaban J connectivity index is 3.08. The van der Waals surface area contributed by atoms with E-state index in [2.05, 4.69) is 0 Å². The number of rotatable bonds is 4. The van der Waals surface area contributed by atoms with Crippen molar-refractivity contribution in [1.82, 2.24) is 0 Å². The van der Waals surface area contributed by atoms with Gasteiger partial charge in [0.05, 0.1) is 0 Å². The van der Waals surface area contributed by atoms with E-state index < -0.39 is 0 Å². The van der Waals surface area contributed by atoms with Gasteiger partial charge in [0.1, 0.15) is 0 Å². The molecular weight excluding hydrogens is 232 g/mol. The van der Waals surface area contributed by atoms with E-state index in [0.717, 1.165) is 0 Å². The first-order chi connectivity index (χ1) is 4.41. The van der Waals surface area contributed by atoms with Gasteiger partial charge in [-0.3, -0.25) is 0 Å². The molecule has 0 aromatic heterocycles. The molecule has 0 atom stereocenters. The first-order valence-electron chi connectivity index (χ1n) is 2.59. The molecule has 0 heterocycles. The number of aliphatic hydroxyl groups is 2. The Morgan fingerprint density at radius 2 is 1.44 bits per heavy atom. The summed E-state index contributed by atoms with van der Waals surface area (Å²) in [6.45, 7) is 0.245. The van der Waals surface area contributed by atoms with E-state index in [1.807, 2.05) is 8.25 Å². The number of hydrogen-bond acceptors (Lipinski definition) is 2. The van der Waals surface area contributed by atoms with Gasteiger partial charge < -0.3 is 0 Å². The normalized spacial score (nSPS) is 11.8. The molecule has 0 radical (unpaired) electrons. The van der Waals surface area contributed by atoms with Gasteiger partial charge in [0.2, 0.25) is 0 Å². The van der Waals surface area contributed by atoms with Gasteiger partial charge in [-0.25, -0.2) is 0 Å². The van der Waals surface area contributed by atoms with Crippen LogP contribution in [0.5, 0.6) is 0 Å². The molecule has 0 aromatic rings. The molecule has 3 heteroatoms. The third-order valence-corrected chi connectivity index (χ3v) is 2.56. The maximum absolute atomic E-state index is 8.28. The van der Waals surface area contributed by atoms with Gasteiger partial charge in [-0.2, -0.15) is 0 Å². The summed E-state index contributed by atoms with van der Waals surface area (Å²) in [5.41, 5.74) is 0. The standard InChI is InChI=1S/C6H10O2Te/c7-3-1-5-9-6-2-4-8/h1-2,5-8H,3-4H2/b5-1-,6-2-. The van der Waals surface area contributed by atoms with Crippen molar-refractivity contribution in [3.8, 4) is 0 Å². The number of hydrogen-bond donors (Lipinski definition) is 2. The molecule has 2 N–H and O–H groups in total. The Kier molecular flexibility index (Phi) is 8.36. The molecule has 52 valence electrons. The molecule has 0 fully saturated rings. The van der Waals surface area contributed by atoms with Crippen molar-refractivity contribution in [3.05, 3.63) is 20.4 Å². The van der Waals surface area contributed by atoms with E-state index in [9.17, 15) is 0 Å². The molecule has 0 saturated heterocycles. The monoisotopic (exact) mass is 244 g/mol. The summed E-state index contributed by atoms with van der Waals surface area (Å²) in [6.07, 6.45) is 3.45. The summed E-state index contributed by atoms with van der Waals surface area (Å²) in [4.78, 5) is 0. The second kappa shape index (κ2) is 8.19. The van der Waals surface area contributed by atoms with Crippen molar-refractivity contribution >= 4 is 20.9 Å². The average molecular weight is 242 g/mol. The fourth-order valence-corrected chi connectivity index (χ4v) is 1.63. The van der Waals surface area contributed by atoms with E-state index in [1.54, 1.807) is 12.2 Å². The summed E-state index contributed by atoms with van der Waals surface area (Å²) in [5, 5.41) is 16.6. The Bertz CT molecular complexity index is 87.2. The van der Waals surface area contributed by atoms with Crippen LogP contribution in [0.2, 0.25) is 0 Å². The van der Waals surface area contributed by atoms with Crippen LogP contribution in [0.1, 0.15) is 0 Å². The molecule has 0 amide bonds. The van der Waals surface area contributed by atoms with E-state index in [0.29, 0.717) is 0 Å². The van der Waals surface area contributed by atoms with Gasteiger partial charge >= 0.3 is 64.7 Å². The van der Waals surface area contributed by atoms with E-state index in [4.69, 9.17) is 10.2 Å². The first-order valence-corrected chi connectivity index (χ1v) is 5.28. The molecule has 0 saturated carbocycles. The van der Waals surface area contributed by atoms with Crippen LogP contribution >= 0.6 is 0 Å². The Hall–Kier alpha value is 0.190. The van der Waals surface area contributed by atoms with Crippen LogP contribution in [-0.2, 0) is 0 Å². The number of aliphatic hydroxyl groups excluding tert-OH is 2. The van der Waals surface area contributed by atoms with Crippen LogP contribution in [0.4, 0.5) is 0 Å². The van der Waals surface area contributed by atoms with E-state index in [1.165, 1.54) is 0 Å². The van der Waals surface area contributed by atoms with Gasteiger partial charge in [0, 0.05) is 0 Å². The molecule has 0 spiro atoms. The summed E-state index contributed by atoms with van der Waals surface area (Å²) >= 11 is -0.223. The fraction of sp³-hybridized carbons (Fsp3) is 0.333. The molecular formula is C6H10O2Te. The molecule has 0 aliphatic rings. The zero-order valence-corrected chi connectivity index (χ0v) is 7.36. The SMILES string of the molecule is OC/C=C\[Te]/C=C\CO. The second-order valence-corrected chi connectivity index (χ2v) is 3.58. The van der Waals surface area contributed by atoms with Crippen LogP contribution in [0.25, 0.3) is 0 Å². The van der Waals surface area contributed by atoms with Gasteiger partial charge in [-0.15, -0.1) is 0 Å².